The van der Waals surface area contributed by atoms with E-state index in [1.54, 1.807) is 0 Å². The molecule has 0 aromatic rings. The van der Waals surface area contributed by atoms with Gasteiger partial charge in [0.2, 0.25) is 0 Å². The highest BCUT2D eigenvalue weighted by atomic mass is 16.3. The molecule has 3 heterocycles. The van der Waals surface area contributed by atoms with Crippen molar-refractivity contribution >= 4 is 0 Å². The molecule has 3 rings (SSSR count). The summed E-state index contributed by atoms with van der Waals surface area (Å²) in [5.41, 5.74) is 5.65. The van der Waals surface area contributed by atoms with Crippen LogP contribution in [0.2, 0.25) is 0 Å². The lowest BCUT2D eigenvalue weighted by atomic mass is 9.88. The van der Waals surface area contributed by atoms with Gasteiger partial charge in [-0.3, -0.25) is 4.90 Å². The number of piperidine rings is 2. The van der Waals surface area contributed by atoms with Crippen LogP contribution < -0.4 is 21.7 Å². The lowest BCUT2D eigenvalue weighted by Crippen LogP contribution is -2.52. The second-order valence-electron chi connectivity index (χ2n) is 11.7. The van der Waals surface area contributed by atoms with Gasteiger partial charge in [0.1, 0.15) is 0 Å². The minimum absolute atomic E-state index is 0. The molecule has 0 saturated carbocycles. The highest BCUT2D eigenvalue weighted by Crippen LogP contribution is 2.26. The summed E-state index contributed by atoms with van der Waals surface area (Å²) < 4.78 is 0. The smallest absolute Gasteiger partial charge is 0.0460 e. The van der Waals surface area contributed by atoms with Crippen LogP contribution in [0.1, 0.15) is 74.7 Å². The Bertz CT molecular complexity index is 460. The highest BCUT2D eigenvalue weighted by Gasteiger charge is 2.28. The van der Waals surface area contributed by atoms with E-state index in [1.165, 1.54) is 12.8 Å². The Labute approximate surface area is 232 Å². The largest absolute Gasteiger partial charge is 0.396 e. The molecular formula is C29H69N7O. The van der Waals surface area contributed by atoms with Crippen molar-refractivity contribution in [3.63, 3.8) is 0 Å². The number of hydrogen-bond donors (Lipinski definition) is 5. The Morgan fingerprint density at radius 2 is 1.00 bits per heavy atom. The van der Waals surface area contributed by atoms with E-state index in [9.17, 15) is 0 Å². The molecule has 0 amide bonds. The summed E-state index contributed by atoms with van der Waals surface area (Å²) in [6, 6.07) is 4.11. The average molecular weight is 532 g/mol. The summed E-state index contributed by atoms with van der Waals surface area (Å²) in [7, 11) is 10.4. The van der Waals surface area contributed by atoms with Crippen LogP contribution >= 0.6 is 0 Å². The van der Waals surface area contributed by atoms with Gasteiger partial charge in [-0.15, -0.1) is 0 Å². The Hall–Kier alpha value is -0.320. The number of aliphatic hydroxyl groups excluding tert-OH is 1. The molecule has 3 fully saturated rings. The van der Waals surface area contributed by atoms with Crippen LogP contribution in [0.3, 0.4) is 0 Å². The van der Waals surface area contributed by atoms with E-state index in [1.807, 2.05) is 14.1 Å². The van der Waals surface area contributed by atoms with Crippen LogP contribution in [0.5, 0.6) is 0 Å². The molecule has 8 heteroatoms. The molecule has 37 heavy (non-hydrogen) atoms. The minimum atomic E-state index is 0. The molecule has 3 aliphatic rings. The lowest BCUT2D eigenvalue weighted by Gasteiger charge is -2.39. The zero-order valence-electron chi connectivity index (χ0n) is 25.8. The van der Waals surface area contributed by atoms with E-state index in [-0.39, 0.29) is 7.43 Å². The highest BCUT2D eigenvalue weighted by molar-refractivity contribution is 4.83. The van der Waals surface area contributed by atoms with Gasteiger partial charge in [-0.1, -0.05) is 7.43 Å². The Morgan fingerprint density at radius 3 is 1.24 bits per heavy atom. The first kappa shape index (κ1) is 38.8. The number of likely N-dealkylation sites (N-methyl/N-ethyl adjacent to an activating group) is 1. The number of hydrogen-bond acceptors (Lipinski definition) is 8. The molecule has 0 aromatic carbocycles. The van der Waals surface area contributed by atoms with Crippen molar-refractivity contribution in [2.24, 2.45) is 17.6 Å². The van der Waals surface area contributed by atoms with E-state index in [4.69, 9.17) is 10.8 Å². The zero-order chi connectivity index (χ0) is 27.8. The van der Waals surface area contributed by atoms with Gasteiger partial charge in [0, 0.05) is 62.6 Å². The SMILES string of the molecule is C.CC1CC(CN)CC(C)N1C.CC1CC(CO)CC(C)N1C.CC1CNCC(C)N1C.CNCNC. The van der Waals surface area contributed by atoms with Gasteiger partial charge in [-0.05, 0) is 121 Å². The normalized spacial score (nSPS) is 34.9. The van der Waals surface area contributed by atoms with Gasteiger partial charge in [0.05, 0.1) is 0 Å². The molecule has 6 atom stereocenters. The van der Waals surface area contributed by atoms with E-state index in [0.29, 0.717) is 48.8 Å². The van der Waals surface area contributed by atoms with Gasteiger partial charge in [-0.25, -0.2) is 0 Å². The van der Waals surface area contributed by atoms with E-state index >= 15 is 0 Å². The van der Waals surface area contributed by atoms with Gasteiger partial charge < -0.3 is 36.6 Å². The molecule has 226 valence electrons. The van der Waals surface area contributed by atoms with Crippen LogP contribution in [-0.4, -0.2) is 124 Å². The van der Waals surface area contributed by atoms with Crippen molar-refractivity contribution in [3.05, 3.63) is 0 Å². The van der Waals surface area contributed by atoms with Gasteiger partial charge in [-0.2, -0.15) is 0 Å². The predicted molar refractivity (Wildman–Crippen MR) is 164 cm³/mol. The number of nitrogens with two attached hydrogens (primary N) is 1. The first-order valence-electron chi connectivity index (χ1n) is 14.4. The summed E-state index contributed by atoms with van der Waals surface area (Å²) in [5, 5.41) is 18.2. The van der Waals surface area contributed by atoms with Crippen molar-refractivity contribution in [1.82, 2.24) is 30.7 Å². The molecule has 3 aliphatic heterocycles. The van der Waals surface area contributed by atoms with Crippen LogP contribution in [-0.2, 0) is 0 Å². The average Bonchev–Trinajstić information content (AvgIpc) is 2.85. The molecule has 0 radical (unpaired) electrons. The number of rotatable bonds is 4. The quantitative estimate of drug-likeness (QED) is 0.354. The fourth-order valence-electron chi connectivity index (χ4n) is 5.40. The molecule has 0 spiro atoms. The molecule has 0 bridgehead atoms. The monoisotopic (exact) mass is 532 g/mol. The van der Waals surface area contributed by atoms with Crippen molar-refractivity contribution in [1.29, 1.82) is 0 Å². The predicted octanol–water partition coefficient (Wildman–Crippen LogP) is 2.48. The molecule has 0 aliphatic carbocycles. The topological polar surface area (TPSA) is 92.1 Å². The van der Waals surface area contributed by atoms with Crippen LogP contribution in [0.15, 0.2) is 0 Å². The van der Waals surface area contributed by atoms with Gasteiger partial charge in [0.15, 0.2) is 0 Å². The Balaban J connectivity index is 0. The maximum atomic E-state index is 8.99. The fourth-order valence-corrected chi connectivity index (χ4v) is 5.40. The number of nitrogens with zero attached hydrogens (tertiary/aromatic N) is 3. The van der Waals surface area contributed by atoms with E-state index in [0.717, 1.165) is 45.1 Å². The van der Waals surface area contributed by atoms with Crippen molar-refractivity contribution in [2.75, 3.05) is 68.1 Å². The van der Waals surface area contributed by atoms with Crippen LogP contribution in [0, 0.1) is 11.8 Å². The summed E-state index contributed by atoms with van der Waals surface area (Å²) in [6.45, 7) is 17.9. The first-order valence-corrected chi connectivity index (χ1v) is 14.4. The van der Waals surface area contributed by atoms with E-state index < -0.39 is 0 Å². The van der Waals surface area contributed by atoms with E-state index in [2.05, 4.69) is 93.3 Å². The molecule has 6 N–H and O–H groups in total. The van der Waals surface area contributed by atoms with Gasteiger partial charge >= 0.3 is 0 Å². The third-order valence-corrected chi connectivity index (χ3v) is 8.69. The van der Waals surface area contributed by atoms with Crippen molar-refractivity contribution in [2.45, 2.75) is 111 Å². The maximum Gasteiger partial charge on any atom is 0.0460 e. The number of aliphatic hydroxyl groups is 1. The Kier molecular flexibility index (Phi) is 22.6. The molecule has 6 unspecified atom stereocenters. The number of piperazine rings is 1. The summed E-state index contributed by atoms with van der Waals surface area (Å²) >= 11 is 0. The fraction of sp³-hybridized carbons (Fsp3) is 1.00. The standard InChI is InChI=1S/C9H20N2.C9H19NO.C7H16N2.C3H10N2.CH4/c1-7-4-9(6-10)5-8(2)11(7)3;1-7-4-9(6-11)5-8(2)10(7)3;1-6-4-8-5-7(2)9(6)3;1-4-3-5-2;/h7-9H,4-6,10H2,1-3H3;7-9,11H,4-6H2,1-3H3;6-8H,4-5H2,1-3H3;4-5H,3H2,1-2H3;1H4. The van der Waals surface area contributed by atoms with Crippen molar-refractivity contribution in [3.8, 4) is 0 Å². The maximum absolute atomic E-state index is 8.99. The molecule has 3 saturated heterocycles. The first-order chi connectivity index (χ1) is 16.9. The number of likely N-dealkylation sites (tertiary alicyclic amines) is 2. The molecule has 8 nitrogen and oxygen atoms in total. The lowest BCUT2D eigenvalue weighted by molar-refractivity contribution is 0.0680. The van der Waals surface area contributed by atoms with Crippen LogP contribution in [0.4, 0.5) is 0 Å². The minimum Gasteiger partial charge on any atom is -0.396 e. The second kappa shape index (κ2) is 21.5. The Morgan fingerprint density at radius 1 is 0.676 bits per heavy atom. The number of nitrogens with one attached hydrogen (secondary N) is 3. The second-order valence-corrected chi connectivity index (χ2v) is 11.7. The summed E-state index contributed by atoms with van der Waals surface area (Å²) in [6.07, 6.45) is 4.85. The molecule has 0 aromatic heterocycles. The molecular weight excluding hydrogens is 462 g/mol. The zero-order valence-corrected chi connectivity index (χ0v) is 25.8. The summed E-state index contributed by atoms with van der Waals surface area (Å²) in [4.78, 5) is 7.26. The summed E-state index contributed by atoms with van der Waals surface area (Å²) in [5.74, 6) is 1.30. The third-order valence-electron chi connectivity index (χ3n) is 8.69. The van der Waals surface area contributed by atoms with Gasteiger partial charge in [0.25, 0.3) is 0 Å². The van der Waals surface area contributed by atoms with Crippen molar-refractivity contribution < 1.29 is 5.11 Å². The third kappa shape index (κ3) is 15.2. The van der Waals surface area contributed by atoms with Crippen LogP contribution in [0.25, 0.3) is 0 Å².